The van der Waals surface area contributed by atoms with Crippen molar-refractivity contribution in [2.24, 2.45) is 0 Å². The predicted molar refractivity (Wildman–Crippen MR) is 59.8 cm³/mol. The molecule has 5 nitrogen and oxygen atoms in total. The van der Waals surface area contributed by atoms with Gasteiger partial charge in [0.15, 0.2) is 0 Å². The summed E-state index contributed by atoms with van der Waals surface area (Å²) in [6, 6.07) is 5.13. The van der Waals surface area contributed by atoms with E-state index in [4.69, 9.17) is 0 Å². The first-order valence-corrected chi connectivity index (χ1v) is 5.18. The molecule has 0 radical (unpaired) electrons. The number of hydrogen-bond donors (Lipinski definition) is 2. The van der Waals surface area contributed by atoms with Crippen molar-refractivity contribution < 1.29 is 14.6 Å². The topological polar surface area (TPSA) is 75.2 Å². The number of H-pyrrole nitrogens is 1. The third-order valence-electron chi connectivity index (χ3n) is 2.97. The Bertz CT molecular complexity index is 616. The second-order valence-corrected chi connectivity index (χ2v) is 3.94. The predicted octanol–water partition coefficient (Wildman–Crippen LogP) is 1.47. The van der Waals surface area contributed by atoms with Gasteiger partial charge in [0.25, 0.3) is 0 Å². The summed E-state index contributed by atoms with van der Waals surface area (Å²) >= 11 is 0. The van der Waals surface area contributed by atoms with Crippen LogP contribution in [0.3, 0.4) is 0 Å². The van der Waals surface area contributed by atoms with E-state index in [0.717, 1.165) is 22.4 Å². The summed E-state index contributed by atoms with van der Waals surface area (Å²) in [5.74, 6) is -0.227. The van der Waals surface area contributed by atoms with Gasteiger partial charge in [0, 0.05) is 17.5 Å². The molecule has 0 spiro atoms. The fraction of sp³-hybridized carbons (Fsp3) is 0.167. The molecule has 0 saturated heterocycles. The minimum Gasteiger partial charge on any atom is -0.508 e. The standard InChI is InChI=1S/C12H10N2O3/c1-17-12(16)11-9-4-6-2-3-7(15)5-8(6)10(9)13-14-11/h2-3,5,15H,4H2,1H3,(H,13,14). The first-order chi connectivity index (χ1) is 8.20. The zero-order chi connectivity index (χ0) is 12.0. The lowest BCUT2D eigenvalue weighted by molar-refractivity contribution is 0.0593. The van der Waals surface area contributed by atoms with Gasteiger partial charge in [0.2, 0.25) is 0 Å². The molecule has 3 rings (SSSR count). The molecule has 0 unspecified atom stereocenters. The van der Waals surface area contributed by atoms with Crippen LogP contribution in [0.2, 0.25) is 0 Å². The number of carbonyl (C=O) groups excluding carboxylic acids is 1. The number of aromatic amines is 1. The van der Waals surface area contributed by atoms with Gasteiger partial charge >= 0.3 is 5.97 Å². The van der Waals surface area contributed by atoms with E-state index in [-0.39, 0.29) is 5.75 Å². The average Bonchev–Trinajstić information content (AvgIpc) is 2.87. The molecule has 1 heterocycles. The van der Waals surface area contributed by atoms with Crippen LogP contribution >= 0.6 is 0 Å². The highest BCUT2D eigenvalue weighted by atomic mass is 16.5. The third kappa shape index (κ3) is 1.32. The van der Waals surface area contributed by atoms with E-state index in [9.17, 15) is 9.90 Å². The van der Waals surface area contributed by atoms with Gasteiger partial charge in [-0.2, -0.15) is 5.10 Å². The van der Waals surface area contributed by atoms with Crippen molar-refractivity contribution in [1.82, 2.24) is 10.2 Å². The smallest absolute Gasteiger partial charge is 0.356 e. The summed E-state index contributed by atoms with van der Waals surface area (Å²) in [6.07, 6.45) is 0.631. The number of methoxy groups -OCH3 is 1. The highest BCUT2D eigenvalue weighted by Crippen LogP contribution is 2.38. The lowest BCUT2D eigenvalue weighted by atomic mass is 10.1. The summed E-state index contributed by atoms with van der Waals surface area (Å²) in [6.45, 7) is 0. The Hall–Kier alpha value is -2.30. The quantitative estimate of drug-likeness (QED) is 0.621. The minimum atomic E-state index is -0.421. The zero-order valence-corrected chi connectivity index (χ0v) is 9.15. The van der Waals surface area contributed by atoms with Crippen molar-refractivity contribution in [3.63, 3.8) is 0 Å². The van der Waals surface area contributed by atoms with Crippen molar-refractivity contribution in [3.05, 3.63) is 35.0 Å². The van der Waals surface area contributed by atoms with E-state index in [1.807, 2.05) is 6.07 Å². The molecule has 5 heteroatoms. The van der Waals surface area contributed by atoms with E-state index in [1.165, 1.54) is 7.11 Å². The van der Waals surface area contributed by atoms with Gasteiger partial charge in [-0.1, -0.05) is 6.07 Å². The largest absolute Gasteiger partial charge is 0.508 e. The summed E-state index contributed by atoms with van der Waals surface area (Å²) in [5, 5.41) is 16.2. The van der Waals surface area contributed by atoms with Crippen molar-refractivity contribution in [2.75, 3.05) is 7.11 Å². The van der Waals surface area contributed by atoms with Crippen LogP contribution in [0.15, 0.2) is 18.2 Å². The molecule has 1 aliphatic rings. The van der Waals surface area contributed by atoms with Gasteiger partial charge in [0.1, 0.15) is 11.4 Å². The van der Waals surface area contributed by atoms with Gasteiger partial charge in [-0.3, -0.25) is 5.10 Å². The SMILES string of the molecule is COC(=O)c1[nH]nc2c1Cc1ccc(O)cc1-2. The zero-order valence-electron chi connectivity index (χ0n) is 9.15. The molecule has 0 atom stereocenters. The Kier molecular flexibility index (Phi) is 1.95. The van der Waals surface area contributed by atoms with Gasteiger partial charge in [-0.25, -0.2) is 4.79 Å². The first-order valence-electron chi connectivity index (χ1n) is 5.18. The van der Waals surface area contributed by atoms with E-state index < -0.39 is 5.97 Å². The van der Waals surface area contributed by atoms with Crippen LogP contribution in [-0.4, -0.2) is 28.4 Å². The van der Waals surface area contributed by atoms with Crippen LogP contribution in [0.25, 0.3) is 11.3 Å². The number of nitrogens with zero attached hydrogens (tertiary/aromatic N) is 1. The molecule has 0 fully saturated rings. The summed E-state index contributed by atoms with van der Waals surface area (Å²) < 4.78 is 4.68. The van der Waals surface area contributed by atoms with Gasteiger partial charge in [0.05, 0.1) is 12.8 Å². The fourth-order valence-electron chi connectivity index (χ4n) is 2.16. The van der Waals surface area contributed by atoms with E-state index in [2.05, 4.69) is 14.9 Å². The maximum absolute atomic E-state index is 11.5. The highest BCUT2D eigenvalue weighted by molar-refractivity contribution is 5.93. The highest BCUT2D eigenvalue weighted by Gasteiger charge is 2.28. The summed E-state index contributed by atoms with van der Waals surface area (Å²) in [4.78, 5) is 11.5. The molecule has 2 aromatic rings. The number of phenolic OH excluding ortho intramolecular Hbond substituents is 1. The second kappa shape index (κ2) is 3.35. The monoisotopic (exact) mass is 230 g/mol. The number of hydrogen-bond acceptors (Lipinski definition) is 4. The Morgan fingerprint density at radius 1 is 1.53 bits per heavy atom. The molecule has 0 amide bonds. The summed E-state index contributed by atoms with van der Waals surface area (Å²) in [5.41, 5.74) is 3.86. The van der Waals surface area contributed by atoms with E-state index in [0.29, 0.717) is 12.1 Å². The van der Waals surface area contributed by atoms with Gasteiger partial charge in [-0.15, -0.1) is 0 Å². The lowest BCUT2D eigenvalue weighted by Gasteiger charge is -1.99. The normalized spacial score (nSPS) is 12.1. The van der Waals surface area contributed by atoms with Crippen LogP contribution in [0.1, 0.15) is 21.6 Å². The van der Waals surface area contributed by atoms with E-state index >= 15 is 0 Å². The minimum absolute atomic E-state index is 0.194. The number of benzene rings is 1. The lowest BCUT2D eigenvalue weighted by Crippen LogP contribution is -2.04. The number of aromatic nitrogens is 2. The van der Waals surface area contributed by atoms with Gasteiger partial charge in [-0.05, 0) is 17.7 Å². The first kappa shape index (κ1) is 9.89. The van der Waals surface area contributed by atoms with Crippen LogP contribution in [-0.2, 0) is 11.2 Å². The van der Waals surface area contributed by atoms with Crippen LogP contribution < -0.4 is 0 Å². The molecule has 17 heavy (non-hydrogen) atoms. The maximum atomic E-state index is 11.5. The molecule has 0 aliphatic heterocycles. The molecule has 1 aromatic carbocycles. The summed E-state index contributed by atoms with van der Waals surface area (Å²) in [7, 11) is 1.34. The van der Waals surface area contributed by atoms with Gasteiger partial charge < -0.3 is 9.84 Å². The number of nitrogens with one attached hydrogen (secondary N) is 1. The molecule has 0 saturated carbocycles. The molecule has 2 N–H and O–H groups in total. The fourth-order valence-corrected chi connectivity index (χ4v) is 2.16. The number of phenols is 1. The second-order valence-electron chi connectivity index (χ2n) is 3.94. The molecule has 1 aromatic heterocycles. The van der Waals surface area contributed by atoms with Crippen molar-refractivity contribution >= 4 is 5.97 Å². The van der Waals surface area contributed by atoms with Crippen LogP contribution in [0.5, 0.6) is 5.75 Å². The number of fused-ring (bicyclic) bond motifs is 3. The number of rotatable bonds is 1. The Balaban J connectivity index is 2.15. The molecule has 1 aliphatic carbocycles. The molecular formula is C12H10N2O3. The Labute approximate surface area is 97.0 Å². The average molecular weight is 230 g/mol. The molecule has 86 valence electrons. The number of ether oxygens (including phenoxy) is 1. The Morgan fingerprint density at radius 3 is 3.12 bits per heavy atom. The number of carbonyl (C=O) groups is 1. The van der Waals surface area contributed by atoms with Crippen LogP contribution in [0, 0.1) is 0 Å². The molecule has 0 bridgehead atoms. The number of aromatic hydroxyl groups is 1. The molecular weight excluding hydrogens is 220 g/mol. The van der Waals surface area contributed by atoms with Crippen molar-refractivity contribution in [2.45, 2.75) is 6.42 Å². The third-order valence-corrected chi connectivity index (χ3v) is 2.97. The van der Waals surface area contributed by atoms with E-state index in [1.54, 1.807) is 12.1 Å². The van der Waals surface area contributed by atoms with Crippen LogP contribution in [0.4, 0.5) is 0 Å². The van der Waals surface area contributed by atoms with Crippen molar-refractivity contribution in [3.8, 4) is 17.0 Å². The number of esters is 1. The maximum Gasteiger partial charge on any atom is 0.356 e. The van der Waals surface area contributed by atoms with Crippen molar-refractivity contribution in [1.29, 1.82) is 0 Å². The Morgan fingerprint density at radius 2 is 2.35 bits per heavy atom.